The number of carbonyl (C=O) groups is 19. The molecular weight excluding hydrogens is 1740 g/mol. The van der Waals surface area contributed by atoms with Gasteiger partial charge in [-0.15, -0.1) is 11.8 Å². The van der Waals surface area contributed by atoms with Crippen LogP contribution in [0.15, 0.2) is 78.9 Å². The van der Waals surface area contributed by atoms with Gasteiger partial charge in [0.25, 0.3) is 0 Å². The molecule has 0 aromatic heterocycles. The van der Waals surface area contributed by atoms with E-state index in [4.69, 9.17) is 5.73 Å². The topological polar surface area (TPSA) is 728 Å². The molecule has 16 amide bonds. The number of benzene rings is 3. The average Bonchev–Trinajstić information content (AvgIpc) is 0.860. The molecule has 4 rings (SSSR count). The third-order valence-corrected chi connectivity index (χ3v) is 21.3. The first-order chi connectivity index (χ1) is 61.9. The van der Waals surface area contributed by atoms with Gasteiger partial charge in [0, 0.05) is 57.9 Å². The molecule has 1 saturated heterocycles. The molecule has 3 aromatic carbocycles. The number of rotatable bonds is 59. The highest BCUT2D eigenvalue weighted by Crippen LogP contribution is 2.18. The van der Waals surface area contributed by atoms with Crippen LogP contribution in [0.3, 0.4) is 0 Å². The highest BCUT2D eigenvalue weighted by atomic mass is 32.2. The summed E-state index contributed by atoms with van der Waals surface area (Å²) in [4.78, 5) is 259. The van der Waals surface area contributed by atoms with E-state index in [-0.39, 0.29) is 72.7 Å². The van der Waals surface area contributed by atoms with Gasteiger partial charge in [-0.25, -0.2) is 0 Å². The maximum absolute atomic E-state index is 14.7. The van der Waals surface area contributed by atoms with Crippen molar-refractivity contribution >= 4 is 124 Å². The van der Waals surface area contributed by atoms with Crippen LogP contribution in [0.25, 0.3) is 0 Å². The number of piperazine rings is 1. The van der Waals surface area contributed by atoms with Gasteiger partial charge < -0.3 is 137 Å². The van der Waals surface area contributed by atoms with Gasteiger partial charge >= 0.3 is 17.9 Å². The van der Waals surface area contributed by atoms with Crippen LogP contribution in [0.5, 0.6) is 11.5 Å². The van der Waals surface area contributed by atoms with Crippen molar-refractivity contribution in [2.24, 2.45) is 17.6 Å². The van der Waals surface area contributed by atoms with Crippen molar-refractivity contribution in [1.29, 1.82) is 0 Å². The molecule has 0 aliphatic carbocycles. The molecule has 1 fully saturated rings. The number of carboxylic acid groups (broad SMARTS) is 3. The number of phenols is 2. The lowest BCUT2D eigenvalue weighted by molar-refractivity contribution is -0.142. The molecule has 0 saturated carbocycles. The highest BCUT2D eigenvalue weighted by Gasteiger charge is 2.40. The maximum Gasteiger partial charge on any atom is 0.305 e. The number of aliphatic carboxylic acids is 3. The summed E-state index contributed by atoms with van der Waals surface area (Å²) in [6, 6.07) is -4.24. The van der Waals surface area contributed by atoms with Crippen LogP contribution in [0.4, 0.5) is 0 Å². The number of aliphatic hydroxyl groups excluding tert-OH is 4. The van der Waals surface area contributed by atoms with Crippen molar-refractivity contribution in [2.45, 2.75) is 216 Å². The fourth-order valence-electron chi connectivity index (χ4n) is 13.1. The highest BCUT2D eigenvalue weighted by molar-refractivity contribution is 8.00. The number of carbonyl (C=O) groups excluding carboxylic acids is 16. The number of nitrogens with two attached hydrogens (primary N) is 1. The van der Waals surface area contributed by atoms with Gasteiger partial charge in [0.15, 0.2) is 0 Å². The predicted octanol–water partition coefficient (Wildman–Crippen LogP) is -7.37. The number of nitrogens with one attached hydrogen (secondary N) is 16. The summed E-state index contributed by atoms with van der Waals surface area (Å²) in [6.45, 7) is 9.03. The zero-order chi connectivity index (χ0) is 97.7. The number of amides is 16. The van der Waals surface area contributed by atoms with E-state index in [0.29, 0.717) is 56.6 Å². The van der Waals surface area contributed by atoms with Crippen LogP contribution in [-0.2, 0) is 110 Å². The zero-order valence-corrected chi connectivity index (χ0v) is 74.6. The van der Waals surface area contributed by atoms with E-state index in [2.05, 4.69) is 85.1 Å². The summed E-state index contributed by atoms with van der Waals surface area (Å²) in [6.07, 6.45) is -6.34. The molecule has 1 aliphatic heterocycles. The Balaban J connectivity index is 1.52. The number of aromatic hydroxyl groups is 2. The van der Waals surface area contributed by atoms with Crippen LogP contribution in [0, 0.1) is 11.8 Å². The minimum absolute atomic E-state index is 0.0787. The van der Waals surface area contributed by atoms with Gasteiger partial charge in [-0.3, -0.25) is 96.0 Å². The monoisotopic (exact) mass is 1860 g/mol. The van der Waals surface area contributed by atoms with Crippen molar-refractivity contribution in [3.8, 4) is 11.5 Å². The Morgan fingerprint density at radius 3 is 1.34 bits per heavy atom. The molecule has 46 nitrogen and oxygen atoms in total. The normalized spacial score (nSPS) is 15.6. The molecule has 47 heteroatoms. The first-order valence-electron chi connectivity index (χ1n) is 42.5. The number of phenolic OH excluding ortho intramolecular Hbond substituents is 2. The summed E-state index contributed by atoms with van der Waals surface area (Å²) in [5.74, 6) is -23.4. The van der Waals surface area contributed by atoms with Gasteiger partial charge in [0.1, 0.15) is 84.0 Å². The van der Waals surface area contributed by atoms with E-state index in [1.54, 1.807) is 45.9 Å². The van der Waals surface area contributed by atoms with Crippen molar-refractivity contribution in [2.75, 3.05) is 70.5 Å². The lowest BCUT2D eigenvalue weighted by Gasteiger charge is -2.30. The Hall–Kier alpha value is -12.7. The average molecular weight is 1870 g/mol. The number of unbranched alkanes of at least 4 members (excludes halogenated alkanes) is 1. The Morgan fingerprint density at radius 1 is 0.443 bits per heavy atom. The van der Waals surface area contributed by atoms with Crippen LogP contribution in [0.2, 0.25) is 0 Å². The Bertz CT molecular complexity index is 4360. The molecule has 16 atom stereocenters. The summed E-state index contributed by atoms with van der Waals surface area (Å²) < 4.78 is 0. The SMILES string of the molecule is CC[C@H](C)[C@H](NC(=O)[C@H](CO)NC(=O)[C@H](Cc1ccc(O)cc1)NC(=O)[C@H](CC(=O)O)NC(=O)[C@H](CO)NC(=O)[C@@H](NC(=O)[C@H](Cc1ccccc1)NC(=O)[C@@H](NC(=O)CNC(=O)[C@H](CCC(=O)O)NC(=O)CSCC(=O)NCCN1CCNC(=O)C1)[C@@H](C)O)[C@@H](C)O)C(=O)N[C@@H](Cc1ccc(O)cc1)C(=O)N[C@@H](CC(C)C)C(=O)N[C@@H](CC(=O)O)C(=O)N[C@H](C)CCCCN. The van der Waals surface area contributed by atoms with Crippen molar-refractivity contribution in [3.63, 3.8) is 0 Å². The van der Waals surface area contributed by atoms with E-state index >= 15 is 0 Å². The Labute approximate surface area is 759 Å². The zero-order valence-electron chi connectivity index (χ0n) is 73.8. The minimum atomic E-state index is -2.23. The fourth-order valence-corrected chi connectivity index (χ4v) is 13.7. The quantitative estimate of drug-likeness (QED) is 0.0234. The molecule has 724 valence electrons. The second kappa shape index (κ2) is 57.4. The van der Waals surface area contributed by atoms with Crippen LogP contribution < -0.4 is 90.8 Å². The number of carboxylic acids is 3. The van der Waals surface area contributed by atoms with E-state index in [9.17, 15) is 137 Å². The summed E-state index contributed by atoms with van der Waals surface area (Å²) in [5.41, 5.74) is 6.49. The second-order valence-corrected chi connectivity index (χ2v) is 32.9. The van der Waals surface area contributed by atoms with E-state index in [0.717, 1.165) is 25.6 Å². The van der Waals surface area contributed by atoms with E-state index in [1.807, 2.05) is 4.90 Å². The van der Waals surface area contributed by atoms with Gasteiger partial charge in [-0.2, -0.15) is 0 Å². The smallest absolute Gasteiger partial charge is 0.305 e. The first-order valence-corrected chi connectivity index (χ1v) is 43.7. The second-order valence-electron chi connectivity index (χ2n) is 31.9. The van der Waals surface area contributed by atoms with Crippen molar-refractivity contribution < 1.29 is 137 Å². The van der Waals surface area contributed by atoms with Gasteiger partial charge in [0.2, 0.25) is 94.5 Å². The predicted molar refractivity (Wildman–Crippen MR) is 468 cm³/mol. The minimum Gasteiger partial charge on any atom is -0.508 e. The molecule has 0 spiro atoms. The molecule has 131 heavy (non-hydrogen) atoms. The molecule has 0 radical (unpaired) electrons. The molecule has 0 bridgehead atoms. The first kappa shape index (κ1) is 111. The molecule has 27 N–H and O–H groups in total. The summed E-state index contributed by atoms with van der Waals surface area (Å²) in [5, 5.41) is 131. The van der Waals surface area contributed by atoms with E-state index in [1.165, 1.54) is 67.6 Å². The Kier molecular flexibility index (Phi) is 48.4. The summed E-state index contributed by atoms with van der Waals surface area (Å²) >= 11 is 0.868. The number of hydrogen-bond donors (Lipinski definition) is 26. The van der Waals surface area contributed by atoms with E-state index < -0.39 is 261 Å². The van der Waals surface area contributed by atoms with Crippen LogP contribution in [0.1, 0.15) is 123 Å². The van der Waals surface area contributed by atoms with Crippen molar-refractivity contribution in [3.05, 3.63) is 95.6 Å². The van der Waals surface area contributed by atoms with Gasteiger partial charge in [0.05, 0.1) is 62.9 Å². The lowest BCUT2D eigenvalue weighted by atomic mass is 9.96. The van der Waals surface area contributed by atoms with Crippen LogP contribution >= 0.6 is 11.8 Å². The van der Waals surface area contributed by atoms with Gasteiger partial charge in [-0.05, 0) is 106 Å². The number of hydrogen-bond acceptors (Lipinski definition) is 28. The van der Waals surface area contributed by atoms with Crippen LogP contribution in [-0.4, -0.2) is 325 Å². The third-order valence-electron chi connectivity index (χ3n) is 20.4. The van der Waals surface area contributed by atoms with Gasteiger partial charge in [-0.1, -0.05) is 95.1 Å². The molecule has 0 unspecified atom stereocenters. The largest absolute Gasteiger partial charge is 0.508 e. The Morgan fingerprint density at radius 2 is 0.863 bits per heavy atom. The molecular formula is C84H124N18O28S. The number of nitrogens with zero attached hydrogens (tertiary/aromatic N) is 1. The lowest BCUT2D eigenvalue weighted by Crippen LogP contribution is -2.63. The standard InChI is InChI=1S/C84H124N18O28S/c1-8-45(4)70(82(128)95-57(35-51-19-23-53(108)24-20-51)76(122)91-55(32-44(2)3)75(121)93-59(36-68(115)116)74(120)89-46(5)14-12-13-27-85)100-81(127)62(41-104)97-77(123)56(34-50-17-21-52(107)22-18-50)92-78(124)60(37-69(117)118)94-80(126)61(40-103)98-84(130)72(48(7)106)101-79(125)58(33-49-15-10-9-11-16-49)96-83(129)71(47(6)105)99-63(109)38-88-73(119)54(25-26-67(113)114)90-66(112)43-131-42-65(111)87-29-31-102-30-28-86-64(110)39-102/h9-11,15-24,44-48,54-62,70-72,103-108H,8,12-14,25-43,85H2,1-7H3,(H,86,110)(H,87,111)(H,88,119)(H,89,120)(H,90,112)(H,91,122)(H,92,124)(H,93,121)(H,94,126)(H,95,128)(H,96,129)(H,97,123)(H,98,130)(H,99,109)(H,100,127)(H,101,125)(H,113,114)(H,115,116)(H,117,118)/t45-,46+,47+,48+,54-,55-,56-,57-,58-,59-,60-,61-,62-,70-,71-,72-/m0/s1. The third kappa shape index (κ3) is 41.3. The molecule has 1 aliphatic rings. The maximum atomic E-state index is 14.7. The summed E-state index contributed by atoms with van der Waals surface area (Å²) in [7, 11) is 0. The number of thioether (sulfide) groups is 1. The molecule has 1 heterocycles. The fraction of sp³-hybridized carbons (Fsp3) is 0.560. The van der Waals surface area contributed by atoms with Crippen molar-refractivity contribution in [1.82, 2.24) is 90.0 Å². The molecule has 3 aromatic rings. The number of aliphatic hydroxyl groups is 4.